The number of fused-ring (bicyclic) bond motifs is 1. The molecule has 3 aromatic rings. The van der Waals surface area contributed by atoms with Gasteiger partial charge in [0.2, 0.25) is 11.8 Å². The maximum Gasteiger partial charge on any atom is 0.242 e. The van der Waals surface area contributed by atoms with Gasteiger partial charge in [-0.15, -0.1) is 0 Å². The smallest absolute Gasteiger partial charge is 0.242 e. The van der Waals surface area contributed by atoms with Crippen LogP contribution in [0.2, 0.25) is 0 Å². The lowest BCUT2D eigenvalue weighted by Crippen LogP contribution is -2.34. The fourth-order valence-corrected chi connectivity index (χ4v) is 4.35. The van der Waals surface area contributed by atoms with Crippen molar-refractivity contribution in [2.24, 2.45) is 0 Å². The van der Waals surface area contributed by atoms with Crippen molar-refractivity contribution in [2.45, 2.75) is 32.7 Å². The van der Waals surface area contributed by atoms with Gasteiger partial charge in [0.1, 0.15) is 18.1 Å². The highest BCUT2D eigenvalue weighted by Gasteiger charge is 2.36. The molecule has 7 nitrogen and oxygen atoms in total. The van der Waals surface area contributed by atoms with Gasteiger partial charge in [-0.1, -0.05) is 24.3 Å². The van der Waals surface area contributed by atoms with Crippen molar-refractivity contribution in [1.29, 1.82) is 0 Å². The number of benzene rings is 2. The van der Waals surface area contributed by atoms with E-state index in [9.17, 15) is 9.59 Å². The molecular weight excluding hydrogens is 392 g/mol. The van der Waals surface area contributed by atoms with Gasteiger partial charge in [0, 0.05) is 32.0 Å². The second-order valence-electron chi connectivity index (χ2n) is 7.69. The molecule has 1 aliphatic heterocycles. The Hall–Kier alpha value is -3.35. The van der Waals surface area contributed by atoms with Crippen LogP contribution in [0.25, 0.3) is 11.0 Å². The third-order valence-electron chi connectivity index (χ3n) is 5.96. The standard InChI is InChI=1S/C24H28N4O3/c1-4-26(5-2)23(30)16-28-19-11-7-6-10-18(19)25-24(28)17-14-22(29)27(15-17)20-12-8-9-13-21(20)31-3/h6-13,17H,4-5,14-16H2,1-3H3/t17-/m0/s1. The number of nitrogens with zero attached hydrogens (tertiary/aromatic N) is 4. The number of amides is 2. The zero-order chi connectivity index (χ0) is 22.0. The number of carbonyl (C=O) groups is 2. The van der Waals surface area contributed by atoms with Gasteiger partial charge >= 0.3 is 0 Å². The molecule has 1 saturated heterocycles. The van der Waals surface area contributed by atoms with Crippen molar-refractivity contribution in [1.82, 2.24) is 14.5 Å². The van der Waals surface area contributed by atoms with Gasteiger partial charge < -0.3 is 19.1 Å². The zero-order valence-corrected chi connectivity index (χ0v) is 18.2. The Bertz CT molecular complexity index is 1100. The molecule has 4 rings (SSSR count). The Balaban J connectivity index is 1.70. The number of anilines is 1. The molecular formula is C24H28N4O3. The summed E-state index contributed by atoms with van der Waals surface area (Å²) in [5.74, 6) is 1.44. The molecule has 0 aliphatic carbocycles. The molecule has 7 heteroatoms. The van der Waals surface area contributed by atoms with Crippen molar-refractivity contribution in [3.05, 3.63) is 54.4 Å². The van der Waals surface area contributed by atoms with Crippen LogP contribution in [-0.4, -0.2) is 53.0 Å². The normalized spacial score (nSPS) is 16.2. The van der Waals surface area contributed by atoms with Crippen molar-refractivity contribution in [3.8, 4) is 5.75 Å². The molecule has 1 atom stereocenters. The number of aromatic nitrogens is 2. The molecule has 0 N–H and O–H groups in total. The number of hydrogen-bond donors (Lipinski definition) is 0. The summed E-state index contributed by atoms with van der Waals surface area (Å²) < 4.78 is 7.44. The predicted molar refractivity (Wildman–Crippen MR) is 120 cm³/mol. The lowest BCUT2D eigenvalue weighted by Gasteiger charge is -2.21. The molecule has 0 spiro atoms. The minimum atomic E-state index is -0.102. The molecule has 2 aromatic carbocycles. The summed E-state index contributed by atoms with van der Waals surface area (Å²) in [6, 6.07) is 15.4. The van der Waals surface area contributed by atoms with Crippen molar-refractivity contribution < 1.29 is 14.3 Å². The highest BCUT2D eigenvalue weighted by molar-refractivity contribution is 5.98. The van der Waals surface area contributed by atoms with E-state index in [0.29, 0.717) is 31.8 Å². The van der Waals surface area contributed by atoms with Crippen LogP contribution in [0, 0.1) is 0 Å². The van der Waals surface area contributed by atoms with Crippen LogP contribution in [0.5, 0.6) is 5.75 Å². The second-order valence-corrected chi connectivity index (χ2v) is 7.69. The first-order chi connectivity index (χ1) is 15.1. The molecule has 2 amide bonds. The number of rotatable bonds is 7. The SMILES string of the molecule is CCN(CC)C(=O)Cn1c([C@H]2CC(=O)N(c3ccccc3OC)C2)nc2ccccc21. The summed E-state index contributed by atoms with van der Waals surface area (Å²) in [6.45, 7) is 6.02. The average molecular weight is 421 g/mol. The summed E-state index contributed by atoms with van der Waals surface area (Å²) in [5.41, 5.74) is 2.52. The van der Waals surface area contributed by atoms with Gasteiger partial charge in [-0.2, -0.15) is 0 Å². The lowest BCUT2D eigenvalue weighted by atomic mass is 10.1. The number of hydrogen-bond acceptors (Lipinski definition) is 4. The molecule has 0 saturated carbocycles. The summed E-state index contributed by atoms with van der Waals surface area (Å²) in [7, 11) is 1.61. The first-order valence-electron chi connectivity index (χ1n) is 10.7. The average Bonchev–Trinajstić information content (AvgIpc) is 3.35. The molecule has 31 heavy (non-hydrogen) atoms. The second kappa shape index (κ2) is 8.79. The number of imidazole rings is 1. The van der Waals surface area contributed by atoms with E-state index in [-0.39, 0.29) is 24.3 Å². The van der Waals surface area contributed by atoms with E-state index in [1.807, 2.05) is 71.8 Å². The predicted octanol–water partition coefficient (Wildman–Crippen LogP) is 3.43. The molecule has 0 radical (unpaired) electrons. The van der Waals surface area contributed by atoms with Crippen LogP contribution in [0.3, 0.4) is 0 Å². The van der Waals surface area contributed by atoms with Gasteiger partial charge in [-0.05, 0) is 38.1 Å². The Labute approximate surface area is 182 Å². The van der Waals surface area contributed by atoms with E-state index in [1.54, 1.807) is 12.0 Å². The maximum absolute atomic E-state index is 12.9. The quantitative estimate of drug-likeness (QED) is 0.587. The highest BCUT2D eigenvalue weighted by atomic mass is 16.5. The van der Waals surface area contributed by atoms with Crippen LogP contribution in [0.1, 0.15) is 32.0 Å². The number of para-hydroxylation sites is 4. The van der Waals surface area contributed by atoms with Crippen LogP contribution in [0.4, 0.5) is 5.69 Å². The van der Waals surface area contributed by atoms with E-state index in [4.69, 9.17) is 9.72 Å². The van der Waals surface area contributed by atoms with Gasteiger partial charge in [-0.25, -0.2) is 4.98 Å². The van der Waals surface area contributed by atoms with E-state index < -0.39 is 0 Å². The summed E-state index contributed by atoms with van der Waals surface area (Å²) in [4.78, 5) is 34.3. The van der Waals surface area contributed by atoms with Crippen LogP contribution < -0.4 is 9.64 Å². The fraction of sp³-hybridized carbons (Fsp3) is 0.375. The van der Waals surface area contributed by atoms with Gasteiger partial charge in [0.25, 0.3) is 0 Å². The minimum Gasteiger partial charge on any atom is -0.495 e. The first kappa shape index (κ1) is 20.9. The highest BCUT2D eigenvalue weighted by Crippen LogP contribution is 2.37. The number of carbonyl (C=O) groups excluding carboxylic acids is 2. The molecule has 1 aliphatic rings. The van der Waals surface area contributed by atoms with Crippen LogP contribution >= 0.6 is 0 Å². The zero-order valence-electron chi connectivity index (χ0n) is 18.2. The van der Waals surface area contributed by atoms with Crippen molar-refractivity contribution in [3.63, 3.8) is 0 Å². The van der Waals surface area contributed by atoms with Crippen LogP contribution in [-0.2, 0) is 16.1 Å². The van der Waals surface area contributed by atoms with Gasteiger partial charge in [-0.3, -0.25) is 9.59 Å². The summed E-state index contributed by atoms with van der Waals surface area (Å²) >= 11 is 0. The Kier molecular flexibility index (Phi) is 5.93. The van der Waals surface area contributed by atoms with Crippen molar-refractivity contribution in [2.75, 3.05) is 31.6 Å². The van der Waals surface area contributed by atoms with E-state index in [2.05, 4.69) is 0 Å². The number of ether oxygens (including phenoxy) is 1. The van der Waals surface area contributed by atoms with Gasteiger partial charge in [0.15, 0.2) is 0 Å². The Morgan fingerprint density at radius 3 is 2.58 bits per heavy atom. The molecule has 1 fully saturated rings. The van der Waals surface area contributed by atoms with E-state index in [1.165, 1.54) is 0 Å². The fourth-order valence-electron chi connectivity index (χ4n) is 4.35. The third-order valence-corrected chi connectivity index (χ3v) is 5.96. The van der Waals surface area contributed by atoms with Gasteiger partial charge in [0.05, 0.1) is 23.8 Å². The monoisotopic (exact) mass is 420 g/mol. The van der Waals surface area contributed by atoms with Crippen molar-refractivity contribution >= 4 is 28.5 Å². The lowest BCUT2D eigenvalue weighted by molar-refractivity contribution is -0.131. The summed E-state index contributed by atoms with van der Waals surface area (Å²) in [5, 5.41) is 0. The van der Waals surface area contributed by atoms with E-state index in [0.717, 1.165) is 22.5 Å². The molecule has 0 unspecified atom stereocenters. The molecule has 0 bridgehead atoms. The maximum atomic E-state index is 12.9. The number of likely N-dealkylation sites (N-methyl/N-ethyl adjacent to an activating group) is 1. The summed E-state index contributed by atoms with van der Waals surface area (Å²) in [6.07, 6.45) is 0.348. The minimum absolute atomic E-state index is 0.0307. The first-order valence-corrected chi connectivity index (χ1v) is 10.7. The van der Waals surface area contributed by atoms with E-state index >= 15 is 0 Å². The largest absolute Gasteiger partial charge is 0.495 e. The molecule has 2 heterocycles. The third kappa shape index (κ3) is 3.87. The Morgan fingerprint density at radius 2 is 1.84 bits per heavy atom. The topological polar surface area (TPSA) is 67.7 Å². The number of methoxy groups -OCH3 is 1. The molecule has 162 valence electrons. The van der Waals surface area contributed by atoms with Crippen LogP contribution in [0.15, 0.2) is 48.5 Å². The molecule has 1 aromatic heterocycles. The Morgan fingerprint density at radius 1 is 1.13 bits per heavy atom.